The van der Waals surface area contributed by atoms with Crippen LogP contribution >= 0.6 is 11.6 Å². The van der Waals surface area contributed by atoms with Crippen LogP contribution < -0.4 is 10.1 Å². The molecule has 0 aliphatic rings. The molecular weight excluding hydrogens is 290 g/mol. The Kier molecular flexibility index (Phi) is 5.20. The quantitative estimate of drug-likeness (QED) is 0.890. The van der Waals surface area contributed by atoms with Gasteiger partial charge in [-0.3, -0.25) is 4.79 Å². The van der Waals surface area contributed by atoms with Gasteiger partial charge < -0.3 is 15.2 Å². The van der Waals surface area contributed by atoms with Crippen molar-refractivity contribution in [2.24, 2.45) is 0 Å². The topological polar surface area (TPSA) is 58.6 Å². The highest BCUT2D eigenvalue weighted by Gasteiger charge is 2.09. The summed E-state index contributed by atoms with van der Waals surface area (Å²) in [5.41, 5.74) is 1.41. The van der Waals surface area contributed by atoms with Gasteiger partial charge in [-0.15, -0.1) is 0 Å². The van der Waals surface area contributed by atoms with Crippen molar-refractivity contribution in [1.29, 1.82) is 0 Å². The Labute approximate surface area is 128 Å². The Morgan fingerprint density at radius 2 is 2.00 bits per heavy atom. The maximum Gasteiger partial charge on any atom is 0.262 e. The molecule has 1 amide bonds. The SMILES string of the molecule is C[C@H](O)c1ccc(OCC(=O)Nc2ccccc2)c(Cl)c1. The molecule has 0 saturated heterocycles. The lowest BCUT2D eigenvalue weighted by Gasteiger charge is -2.11. The molecule has 0 aliphatic heterocycles. The Bertz CT molecular complexity index is 614. The first kappa shape index (κ1) is 15.4. The van der Waals surface area contributed by atoms with E-state index < -0.39 is 6.10 Å². The summed E-state index contributed by atoms with van der Waals surface area (Å²) in [5.74, 6) is 0.140. The minimum absolute atomic E-state index is 0.136. The van der Waals surface area contributed by atoms with Crippen molar-refractivity contribution in [2.45, 2.75) is 13.0 Å². The highest BCUT2D eigenvalue weighted by atomic mass is 35.5. The number of hydrogen-bond acceptors (Lipinski definition) is 3. The van der Waals surface area contributed by atoms with E-state index in [1.807, 2.05) is 18.2 Å². The summed E-state index contributed by atoms with van der Waals surface area (Å²) in [6, 6.07) is 14.1. The number of carbonyl (C=O) groups excluding carboxylic acids is 1. The summed E-state index contributed by atoms with van der Waals surface area (Å²) in [5, 5.41) is 12.5. The summed E-state index contributed by atoms with van der Waals surface area (Å²) >= 11 is 6.05. The van der Waals surface area contributed by atoms with Gasteiger partial charge in [-0.2, -0.15) is 0 Å². The van der Waals surface area contributed by atoms with E-state index >= 15 is 0 Å². The van der Waals surface area contributed by atoms with Gasteiger partial charge in [0.25, 0.3) is 5.91 Å². The number of halogens is 1. The minimum atomic E-state index is -0.599. The second kappa shape index (κ2) is 7.11. The average molecular weight is 306 g/mol. The van der Waals surface area contributed by atoms with Crippen LogP contribution in [-0.4, -0.2) is 17.6 Å². The highest BCUT2D eigenvalue weighted by Crippen LogP contribution is 2.27. The van der Waals surface area contributed by atoms with Gasteiger partial charge in [0, 0.05) is 5.69 Å². The monoisotopic (exact) mass is 305 g/mol. The van der Waals surface area contributed by atoms with Crippen molar-refractivity contribution in [1.82, 2.24) is 0 Å². The molecule has 110 valence electrons. The van der Waals surface area contributed by atoms with Crippen LogP contribution in [0.15, 0.2) is 48.5 Å². The van der Waals surface area contributed by atoms with Gasteiger partial charge in [-0.05, 0) is 36.8 Å². The Morgan fingerprint density at radius 1 is 1.29 bits per heavy atom. The fraction of sp³-hybridized carbons (Fsp3) is 0.188. The third-order valence-electron chi connectivity index (χ3n) is 2.85. The van der Waals surface area contributed by atoms with Crippen LogP contribution in [0.1, 0.15) is 18.6 Å². The molecule has 0 aromatic heterocycles. The lowest BCUT2D eigenvalue weighted by Crippen LogP contribution is -2.20. The zero-order chi connectivity index (χ0) is 15.2. The van der Waals surface area contributed by atoms with Crippen LogP contribution in [0, 0.1) is 0 Å². The van der Waals surface area contributed by atoms with Gasteiger partial charge in [0.1, 0.15) is 5.75 Å². The van der Waals surface area contributed by atoms with E-state index in [-0.39, 0.29) is 12.5 Å². The van der Waals surface area contributed by atoms with Crippen molar-refractivity contribution >= 4 is 23.2 Å². The molecule has 0 saturated carbocycles. The van der Waals surface area contributed by atoms with Gasteiger partial charge in [0.05, 0.1) is 11.1 Å². The minimum Gasteiger partial charge on any atom is -0.482 e. The molecule has 21 heavy (non-hydrogen) atoms. The number of rotatable bonds is 5. The van der Waals surface area contributed by atoms with Crippen LogP contribution in [0.4, 0.5) is 5.69 Å². The fourth-order valence-electron chi connectivity index (χ4n) is 1.76. The predicted octanol–water partition coefficient (Wildman–Crippen LogP) is 3.41. The summed E-state index contributed by atoms with van der Waals surface area (Å²) in [4.78, 5) is 11.8. The van der Waals surface area contributed by atoms with Gasteiger partial charge >= 0.3 is 0 Å². The molecule has 2 rings (SSSR count). The van der Waals surface area contributed by atoms with Gasteiger partial charge in [-0.25, -0.2) is 0 Å². The Hall–Kier alpha value is -2.04. The molecular formula is C16H16ClNO3. The maximum atomic E-state index is 11.8. The van der Waals surface area contributed by atoms with Crippen molar-refractivity contribution in [2.75, 3.05) is 11.9 Å². The molecule has 0 fully saturated rings. The Morgan fingerprint density at radius 3 is 2.62 bits per heavy atom. The average Bonchev–Trinajstić information content (AvgIpc) is 2.47. The number of nitrogens with one attached hydrogen (secondary N) is 1. The van der Waals surface area contributed by atoms with E-state index in [4.69, 9.17) is 16.3 Å². The third-order valence-corrected chi connectivity index (χ3v) is 3.15. The fourth-order valence-corrected chi connectivity index (χ4v) is 2.00. The van der Waals surface area contributed by atoms with E-state index in [0.29, 0.717) is 22.0 Å². The number of carbonyl (C=O) groups is 1. The molecule has 5 heteroatoms. The normalized spacial score (nSPS) is 11.8. The lowest BCUT2D eigenvalue weighted by molar-refractivity contribution is -0.118. The van der Waals surface area contributed by atoms with Gasteiger partial charge in [-0.1, -0.05) is 35.9 Å². The lowest BCUT2D eigenvalue weighted by atomic mass is 10.1. The first-order valence-electron chi connectivity index (χ1n) is 6.51. The molecule has 0 aliphatic carbocycles. The molecule has 2 aromatic carbocycles. The van der Waals surface area contributed by atoms with Crippen molar-refractivity contribution < 1.29 is 14.6 Å². The van der Waals surface area contributed by atoms with Gasteiger partial charge in [0.15, 0.2) is 6.61 Å². The second-order valence-corrected chi connectivity index (χ2v) is 4.98. The third kappa shape index (κ3) is 4.48. The summed E-state index contributed by atoms with van der Waals surface area (Å²) in [6.45, 7) is 1.52. The second-order valence-electron chi connectivity index (χ2n) is 4.57. The van der Waals surface area contributed by atoms with E-state index in [1.165, 1.54) is 0 Å². The summed E-state index contributed by atoms with van der Waals surface area (Å²) < 4.78 is 5.38. The molecule has 4 nitrogen and oxygen atoms in total. The number of para-hydroxylation sites is 1. The van der Waals surface area contributed by atoms with Crippen LogP contribution in [0.25, 0.3) is 0 Å². The molecule has 0 heterocycles. The summed E-state index contributed by atoms with van der Waals surface area (Å²) in [6.07, 6.45) is -0.599. The maximum absolute atomic E-state index is 11.8. The van der Waals surface area contributed by atoms with Gasteiger partial charge in [0.2, 0.25) is 0 Å². The molecule has 2 N–H and O–H groups in total. The van der Waals surface area contributed by atoms with Crippen LogP contribution in [-0.2, 0) is 4.79 Å². The van der Waals surface area contributed by atoms with Crippen molar-refractivity contribution in [3.8, 4) is 5.75 Å². The molecule has 1 atom stereocenters. The molecule has 0 bridgehead atoms. The number of aliphatic hydroxyl groups is 1. The molecule has 0 radical (unpaired) electrons. The number of aliphatic hydroxyl groups excluding tert-OH is 1. The van der Waals surface area contributed by atoms with Crippen molar-refractivity contribution in [3.05, 3.63) is 59.1 Å². The standard InChI is InChI=1S/C16H16ClNO3/c1-11(19)12-7-8-15(14(17)9-12)21-10-16(20)18-13-5-3-2-4-6-13/h2-9,11,19H,10H2,1H3,(H,18,20)/t11-/m0/s1. The largest absolute Gasteiger partial charge is 0.482 e. The molecule has 2 aromatic rings. The number of anilines is 1. The van der Waals surface area contributed by atoms with E-state index in [2.05, 4.69) is 5.32 Å². The first-order valence-corrected chi connectivity index (χ1v) is 6.89. The van der Waals surface area contributed by atoms with E-state index in [1.54, 1.807) is 37.3 Å². The van der Waals surface area contributed by atoms with E-state index in [9.17, 15) is 9.90 Å². The molecule has 0 unspecified atom stereocenters. The van der Waals surface area contributed by atoms with Crippen molar-refractivity contribution in [3.63, 3.8) is 0 Å². The highest BCUT2D eigenvalue weighted by molar-refractivity contribution is 6.32. The van der Waals surface area contributed by atoms with Crippen LogP contribution in [0.2, 0.25) is 5.02 Å². The zero-order valence-electron chi connectivity index (χ0n) is 11.5. The smallest absolute Gasteiger partial charge is 0.262 e. The summed E-state index contributed by atoms with van der Waals surface area (Å²) in [7, 11) is 0. The van der Waals surface area contributed by atoms with Crippen LogP contribution in [0.5, 0.6) is 5.75 Å². The number of benzene rings is 2. The number of amides is 1. The van der Waals surface area contributed by atoms with Crippen LogP contribution in [0.3, 0.4) is 0 Å². The number of hydrogen-bond donors (Lipinski definition) is 2. The number of ether oxygens (including phenoxy) is 1. The zero-order valence-corrected chi connectivity index (χ0v) is 12.3. The van der Waals surface area contributed by atoms with E-state index in [0.717, 1.165) is 0 Å². The predicted molar refractivity (Wildman–Crippen MR) is 82.7 cm³/mol. The molecule has 0 spiro atoms. The Balaban J connectivity index is 1.92. The first-order chi connectivity index (χ1) is 10.1.